The minimum atomic E-state index is 0.809. The van der Waals surface area contributed by atoms with Crippen molar-refractivity contribution >= 4 is 39.7 Å². The fourth-order valence-corrected chi connectivity index (χ4v) is 2.44. The first-order valence-electron chi connectivity index (χ1n) is 5.99. The maximum absolute atomic E-state index is 6.07. The van der Waals surface area contributed by atoms with Crippen LogP contribution in [-0.4, -0.2) is 7.05 Å². The summed E-state index contributed by atoms with van der Waals surface area (Å²) in [5.41, 5.74) is 10.4. The normalized spacial score (nSPS) is 10.4. The zero-order valence-corrected chi connectivity index (χ0v) is 12.8. The van der Waals surface area contributed by atoms with Crippen LogP contribution in [0.4, 0.5) is 17.1 Å². The smallest absolute Gasteiger partial charge is 0.0642 e. The number of nitrogens with zero attached hydrogens (tertiary/aromatic N) is 1. The Balaban J connectivity index is 2.31. The van der Waals surface area contributed by atoms with Gasteiger partial charge in [-0.05, 0) is 64.9 Å². The lowest BCUT2D eigenvalue weighted by molar-refractivity contribution is 1.13. The van der Waals surface area contributed by atoms with E-state index >= 15 is 0 Å². The molecule has 0 bridgehead atoms. The van der Waals surface area contributed by atoms with E-state index in [0.717, 1.165) is 27.1 Å². The minimum absolute atomic E-state index is 0.809. The predicted molar refractivity (Wildman–Crippen MR) is 87.5 cm³/mol. The summed E-state index contributed by atoms with van der Waals surface area (Å²) in [4.78, 5) is 2.12. The fourth-order valence-electron chi connectivity index (χ4n) is 1.93. The highest BCUT2D eigenvalue weighted by atomic mass is 127. The largest absolute Gasteiger partial charge is 0.397 e. The Kier molecular flexibility index (Phi) is 4.11. The van der Waals surface area contributed by atoms with Crippen LogP contribution in [0.5, 0.6) is 0 Å². The lowest BCUT2D eigenvalue weighted by atomic mass is 10.1. The van der Waals surface area contributed by atoms with Crippen LogP contribution in [0, 0.1) is 3.57 Å². The van der Waals surface area contributed by atoms with Crippen molar-refractivity contribution in [1.29, 1.82) is 0 Å². The first-order chi connectivity index (χ1) is 8.61. The molecular formula is C15H17IN2. The highest BCUT2D eigenvalue weighted by Gasteiger charge is 2.07. The molecular weight excluding hydrogens is 335 g/mol. The number of aryl methyl sites for hydroxylation is 1. The van der Waals surface area contributed by atoms with E-state index < -0.39 is 0 Å². The van der Waals surface area contributed by atoms with Crippen LogP contribution in [-0.2, 0) is 6.42 Å². The number of nitrogens with two attached hydrogens (primary N) is 1. The van der Waals surface area contributed by atoms with E-state index in [9.17, 15) is 0 Å². The number of rotatable bonds is 3. The van der Waals surface area contributed by atoms with Gasteiger partial charge in [-0.3, -0.25) is 0 Å². The van der Waals surface area contributed by atoms with Crippen LogP contribution in [0.2, 0.25) is 0 Å². The van der Waals surface area contributed by atoms with E-state index in [-0.39, 0.29) is 0 Å². The average molecular weight is 352 g/mol. The molecule has 0 heterocycles. The summed E-state index contributed by atoms with van der Waals surface area (Å²) >= 11 is 2.27. The van der Waals surface area contributed by atoms with E-state index in [1.165, 1.54) is 5.56 Å². The van der Waals surface area contributed by atoms with E-state index in [2.05, 4.69) is 70.8 Å². The monoisotopic (exact) mass is 352 g/mol. The zero-order valence-electron chi connectivity index (χ0n) is 10.7. The highest BCUT2D eigenvalue weighted by Crippen LogP contribution is 2.30. The van der Waals surface area contributed by atoms with Gasteiger partial charge in [-0.25, -0.2) is 0 Å². The molecule has 0 fully saturated rings. The molecule has 2 aromatic rings. The second-order valence-electron chi connectivity index (χ2n) is 4.28. The van der Waals surface area contributed by atoms with E-state index in [1.54, 1.807) is 0 Å². The summed E-state index contributed by atoms with van der Waals surface area (Å²) in [5, 5.41) is 0. The van der Waals surface area contributed by atoms with Gasteiger partial charge in [0, 0.05) is 16.3 Å². The van der Waals surface area contributed by atoms with Crippen molar-refractivity contribution in [2.45, 2.75) is 13.3 Å². The Labute approximate surface area is 122 Å². The van der Waals surface area contributed by atoms with Gasteiger partial charge in [-0.2, -0.15) is 0 Å². The molecule has 2 nitrogen and oxygen atoms in total. The van der Waals surface area contributed by atoms with Gasteiger partial charge in [0.2, 0.25) is 0 Å². The van der Waals surface area contributed by atoms with Crippen molar-refractivity contribution in [2.75, 3.05) is 17.7 Å². The lowest BCUT2D eigenvalue weighted by Crippen LogP contribution is -2.11. The van der Waals surface area contributed by atoms with Crippen LogP contribution in [0.15, 0.2) is 42.5 Å². The first kappa shape index (κ1) is 13.2. The van der Waals surface area contributed by atoms with Gasteiger partial charge in [-0.15, -0.1) is 0 Å². The molecule has 2 N–H and O–H groups in total. The Morgan fingerprint density at radius 3 is 2.33 bits per heavy atom. The van der Waals surface area contributed by atoms with Crippen molar-refractivity contribution in [3.63, 3.8) is 0 Å². The molecule has 18 heavy (non-hydrogen) atoms. The molecule has 0 aliphatic carbocycles. The fraction of sp³-hybridized carbons (Fsp3) is 0.200. The van der Waals surface area contributed by atoms with Gasteiger partial charge in [-0.1, -0.05) is 19.1 Å². The molecule has 0 aliphatic heterocycles. The predicted octanol–water partition coefficient (Wildman–Crippen LogP) is 4.20. The van der Waals surface area contributed by atoms with E-state index in [0.29, 0.717) is 0 Å². The summed E-state index contributed by atoms with van der Waals surface area (Å²) < 4.78 is 1.16. The highest BCUT2D eigenvalue weighted by molar-refractivity contribution is 14.1. The molecule has 0 saturated heterocycles. The average Bonchev–Trinajstić information content (AvgIpc) is 2.38. The third-order valence-corrected chi connectivity index (χ3v) is 3.75. The third kappa shape index (κ3) is 2.77. The van der Waals surface area contributed by atoms with Crippen LogP contribution in [0.25, 0.3) is 0 Å². The Morgan fingerprint density at radius 2 is 1.78 bits per heavy atom. The van der Waals surface area contributed by atoms with Crippen LogP contribution < -0.4 is 10.6 Å². The van der Waals surface area contributed by atoms with Gasteiger partial charge in [0.15, 0.2) is 0 Å². The third-order valence-electron chi connectivity index (χ3n) is 3.08. The van der Waals surface area contributed by atoms with Crippen molar-refractivity contribution in [3.05, 3.63) is 51.6 Å². The number of anilines is 3. The summed E-state index contributed by atoms with van der Waals surface area (Å²) in [6.07, 6.45) is 1.07. The van der Waals surface area contributed by atoms with E-state index in [1.807, 2.05) is 13.1 Å². The Bertz CT molecular complexity index is 535. The molecule has 3 heteroatoms. The van der Waals surface area contributed by atoms with Crippen LogP contribution in [0.3, 0.4) is 0 Å². The van der Waals surface area contributed by atoms with Crippen LogP contribution in [0.1, 0.15) is 12.5 Å². The van der Waals surface area contributed by atoms with Crippen molar-refractivity contribution in [3.8, 4) is 0 Å². The van der Waals surface area contributed by atoms with Gasteiger partial charge < -0.3 is 10.6 Å². The van der Waals surface area contributed by atoms with Gasteiger partial charge in [0.05, 0.1) is 11.4 Å². The summed E-state index contributed by atoms with van der Waals surface area (Å²) in [6.45, 7) is 2.16. The van der Waals surface area contributed by atoms with Crippen molar-refractivity contribution in [1.82, 2.24) is 0 Å². The molecule has 0 aliphatic rings. The second-order valence-corrected chi connectivity index (χ2v) is 5.53. The molecule has 94 valence electrons. The molecule has 0 atom stereocenters. The second kappa shape index (κ2) is 5.61. The van der Waals surface area contributed by atoms with E-state index in [4.69, 9.17) is 5.73 Å². The minimum Gasteiger partial charge on any atom is -0.397 e. The maximum atomic E-state index is 6.07. The number of hydrogen-bond acceptors (Lipinski definition) is 2. The van der Waals surface area contributed by atoms with Crippen molar-refractivity contribution in [2.24, 2.45) is 0 Å². The van der Waals surface area contributed by atoms with Crippen molar-refractivity contribution < 1.29 is 0 Å². The zero-order chi connectivity index (χ0) is 13.1. The molecule has 0 amide bonds. The summed E-state index contributed by atoms with van der Waals surface area (Å²) in [6, 6.07) is 14.7. The standard InChI is InChI=1S/C15H17IN2/c1-3-11-4-7-13(8-5-11)18(2)15-9-6-12(16)10-14(15)17/h4-10H,3,17H2,1-2H3. The molecule has 0 aromatic heterocycles. The number of nitrogen functional groups attached to an aromatic ring is 1. The molecule has 2 aromatic carbocycles. The first-order valence-corrected chi connectivity index (χ1v) is 7.07. The Morgan fingerprint density at radius 1 is 1.11 bits per heavy atom. The topological polar surface area (TPSA) is 29.3 Å². The molecule has 2 rings (SSSR count). The van der Waals surface area contributed by atoms with Gasteiger partial charge in [0.25, 0.3) is 0 Å². The summed E-state index contributed by atoms with van der Waals surface area (Å²) in [7, 11) is 2.04. The number of benzene rings is 2. The SMILES string of the molecule is CCc1ccc(N(C)c2ccc(I)cc2N)cc1. The molecule has 0 spiro atoms. The van der Waals surface area contributed by atoms with Gasteiger partial charge >= 0.3 is 0 Å². The lowest BCUT2D eigenvalue weighted by Gasteiger charge is -2.21. The summed E-state index contributed by atoms with van der Waals surface area (Å²) in [5.74, 6) is 0. The quantitative estimate of drug-likeness (QED) is 0.663. The van der Waals surface area contributed by atoms with Gasteiger partial charge in [0.1, 0.15) is 0 Å². The van der Waals surface area contributed by atoms with Crippen LogP contribution >= 0.6 is 22.6 Å². The number of hydrogen-bond donors (Lipinski definition) is 1. The molecule has 0 radical (unpaired) electrons. The molecule has 0 unspecified atom stereocenters. The maximum Gasteiger partial charge on any atom is 0.0642 e. The molecule has 0 saturated carbocycles. The Hall–Kier alpha value is -1.23. The number of halogens is 1.